The number of hydrazine groups is 1. The number of carbonyl (C=O) groups excluding carboxylic acids is 1. The third-order valence-corrected chi connectivity index (χ3v) is 10.2. The van der Waals surface area contributed by atoms with Crippen LogP contribution in [0.15, 0.2) is 12.1 Å². The molecular formula is C31H46FN7O2. The van der Waals surface area contributed by atoms with E-state index in [1.165, 1.54) is 0 Å². The number of likely N-dealkylation sites (N-methyl/N-ethyl adjacent to an activating group) is 1. The van der Waals surface area contributed by atoms with E-state index in [1.807, 2.05) is 0 Å². The highest BCUT2D eigenvalue weighted by atomic mass is 19.1. The zero-order chi connectivity index (χ0) is 29.0. The number of aromatic nitrogens is 2. The van der Waals surface area contributed by atoms with E-state index in [0.717, 1.165) is 73.5 Å². The van der Waals surface area contributed by atoms with E-state index in [2.05, 4.69) is 65.4 Å². The number of benzene rings is 1. The molecule has 4 N–H and O–H groups in total. The molecule has 4 heterocycles. The lowest BCUT2D eigenvalue weighted by Gasteiger charge is -2.38. The number of nitrogens with zero attached hydrogens (tertiary/aromatic N) is 4. The van der Waals surface area contributed by atoms with Crippen molar-refractivity contribution in [3.05, 3.63) is 46.3 Å². The number of halogens is 1. The van der Waals surface area contributed by atoms with Crippen molar-refractivity contribution in [2.24, 2.45) is 5.92 Å². The maximum absolute atomic E-state index is 14.3. The van der Waals surface area contributed by atoms with Crippen LogP contribution >= 0.6 is 0 Å². The van der Waals surface area contributed by atoms with Gasteiger partial charge in [0.05, 0.1) is 23.5 Å². The van der Waals surface area contributed by atoms with Gasteiger partial charge in [-0.3, -0.25) is 15.1 Å². The van der Waals surface area contributed by atoms with Gasteiger partial charge >= 0.3 is 0 Å². The van der Waals surface area contributed by atoms with Crippen LogP contribution in [0.1, 0.15) is 86.8 Å². The highest BCUT2D eigenvalue weighted by Crippen LogP contribution is 2.45. The van der Waals surface area contributed by atoms with Gasteiger partial charge in [0, 0.05) is 44.2 Å². The molecule has 9 nitrogen and oxygen atoms in total. The van der Waals surface area contributed by atoms with Crippen molar-refractivity contribution < 1.29 is 14.3 Å². The molecule has 3 aliphatic heterocycles. The number of aromatic amines is 1. The maximum Gasteiger partial charge on any atom is 0.240 e. The number of aryl methyl sites for hydroxylation is 1. The first kappa shape index (κ1) is 28.6. The van der Waals surface area contributed by atoms with Gasteiger partial charge in [-0.2, -0.15) is 0 Å². The Morgan fingerprint density at radius 2 is 2.02 bits per heavy atom. The molecule has 1 aliphatic carbocycles. The van der Waals surface area contributed by atoms with Crippen LogP contribution in [0.3, 0.4) is 0 Å². The van der Waals surface area contributed by atoms with Gasteiger partial charge in [-0.05, 0) is 95.1 Å². The maximum atomic E-state index is 14.3. The second-order valence-electron chi connectivity index (χ2n) is 13.1. The lowest BCUT2D eigenvalue weighted by molar-refractivity contribution is -0.137. The molecule has 41 heavy (non-hydrogen) atoms. The molecule has 0 spiro atoms. The predicted octanol–water partition coefficient (Wildman–Crippen LogP) is 3.22. The van der Waals surface area contributed by atoms with Crippen LogP contribution < -0.4 is 10.9 Å². The minimum absolute atomic E-state index is 0.0647. The summed E-state index contributed by atoms with van der Waals surface area (Å²) in [7, 11) is 4.19. The number of carbonyl (C=O) groups is 1. The lowest BCUT2D eigenvalue weighted by atomic mass is 9.73. The number of H-pyrrole nitrogens is 1. The molecule has 6 rings (SSSR count). The first-order chi connectivity index (χ1) is 19.6. The summed E-state index contributed by atoms with van der Waals surface area (Å²) in [5, 5.41) is 9.88. The molecule has 4 aliphatic rings. The van der Waals surface area contributed by atoms with Crippen LogP contribution in [0, 0.1) is 11.7 Å². The zero-order valence-corrected chi connectivity index (χ0v) is 25.1. The zero-order valence-electron chi connectivity index (χ0n) is 25.1. The Hall–Kier alpha value is -2.53. The number of phenolic OH excluding ortho intramolecular Hbond substituents is 1. The molecule has 0 bridgehead atoms. The number of likely N-dealkylation sites (tertiary alicyclic amines) is 1. The minimum atomic E-state index is -0.537. The average molecular weight is 568 g/mol. The van der Waals surface area contributed by atoms with Crippen molar-refractivity contribution in [3.63, 3.8) is 0 Å². The fraction of sp³-hybridized carbons (Fsp3) is 0.677. The van der Waals surface area contributed by atoms with E-state index in [1.54, 1.807) is 12.1 Å². The van der Waals surface area contributed by atoms with Gasteiger partial charge in [0.1, 0.15) is 5.82 Å². The number of hydrogen-bond acceptors (Lipinski definition) is 7. The number of aromatic hydroxyl groups is 1. The lowest BCUT2D eigenvalue weighted by Crippen LogP contribution is -2.53. The Labute approximate surface area is 242 Å². The number of nitrogens with one attached hydrogen (secondary N) is 3. The number of rotatable bonds is 6. The summed E-state index contributed by atoms with van der Waals surface area (Å²) in [5.74, 6) is 1.00. The quantitative estimate of drug-likeness (QED) is 0.426. The van der Waals surface area contributed by atoms with E-state index >= 15 is 0 Å². The molecule has 224 valence electrons. The summed E-state index contributed by atoms with van der Waals surface area (Å²) in [6.07, 6.45) is 5.31. The molecule has 10 heteroatoms. The summed E-state index contributed by atoms with van der Waals surface area (Å²) in [6.45, 7) is 8.71. The Bertz CT molecular complexity index is 1280. The number of fused-ring (bicyclic) bond motifs is 2. The minimum Gasteiger partial charge on any atom is -0.505 e. The highest BCUT2D eigenvalue weighted by molar-refractivity contribution is 5.83. The topological polar surface area (TPSA) is 99.8 Å². The Kier molecular flexibility index (Phi) is 7.86. The van der Waals surface area contributed by atoms with Crippen LogP contribution in [0.5, 0.6) is 5.75 Å². The standard InChI is InChI=1S/C31H46FN7O2/c1-6-18-12-28(40)23(32)13-22(18)19-7-8-21-24(11-19)35-36-29(21)30-33-25-14-27(39(17(2)3)16-26(25)34-30)31(41)38-10-9-20(15-38)37(4)5/h12-13,17,19-21,24,27,29,35-36,40H,6-11,14-16H2,1-5H3,(H,33,34)/t19?,20-,21?,24?,27-,29?/m0/s1. The molecule has 1 aromatic carbocycles. The Morgan fingerprint density at radius 3 is 2.73 bits per heavy atom. The summed E-state index contributed by atoms with van der Waals surface area (Å²) in [4.78, 5) is 29.1. The van der Waals surface area contributed by atoms with Gasteiger partial charge in [0.15, 0.2) is 11.6 Å². The van der Waals surface area contributed by atoms with Gasteiger partial charge in [-0.1, -0.05) is 6.92 Å². The third-order valence-electron chi connectivity index (χ3n) is 10.2. The number of imidazole rings is 1. The van der Waals surface area contributed by atoms with Crippen LogP contribution in [0.25, 0.3) is 0 Å². The van der Waals surface area contributed by atoms with Gasteiger partial charge in [0.25, 0.3) is 0 Å². The number of hydrogen-bond donors (Lipinski definition) is 4. The number of phenols is 1. The van der Waals surface area contributed by atoms with Crippen molar-refractivity contribution in [1.29, 1.82) is 0 Å². The molecular weight excluding hydrogens is 521 g/mol. The van der Waals surface area contributed by atoms with Gasteiger partial charge in [-0.15, -0.1) is 0 Å². The molecule has 4 unspecified atom stereocenters. The van der Waals surface area contributed by atoms with Gasteiger partial charge in [-0.25, -0.2) is 14.8 Å². The summed E-state index contributed by atoms with van der Waals surface area (Å²) in [6, 6.07) is 3.94. The van der Waals surface area contributed by atoms with Gasteiger partial charge < -0.3 is 19.9 Å². The van der Waals surface area contributed by atoms with Crippen molar-refractivity contribution in [2.75, 3.05) is 27.2 Å². The van der Waals surface area contributed by atoms with Crippen molar-refractivity contribution >= 4 is 5.91 Å². The van der Waals surface area contributed by atoms with E-state index in [0.29, 0.717) is 24.9 Å². The normalized spacial score (nSPS) is 30.3. The van der Waals surface area contributed by atoms with Crippen molar-refractivity contribution in [1.82, 2.24) is 35.5 Å². The average Bonchev–Trinajstić information content (AvgIpc) is 3.70. The van der Waals surface area contributed by atoms with Crippen LogP contribution in [-0.2, 0) is 24.2 Å². The van der Waals surface area contributed by atoms with E-state index in [4.69, 9.17) is 4.98 Å². The highest BCUT2D eigenvalue weighted by Gasteiger charge is 2.44. The molecule has 1 amide bonds. The predicted molar refractivity (Wildman–Crippen MR) is 156 cm³/mol. The second-order valence-corrected chi connectivity index (χ2v) is 13.1. The molecule has 6 atom stereocenters. The summed E-state index contributed by atoms with van der Waals surface area (Å²) in [5.41, 5.74) is 11.2. The monoisotopic (exact) mass is 567 g/mol. The smallest absolute Gasteiger partial charge is 0.240 e. The molecule has 2 saturated heterocycles. The molecule has 3 fully saturated rings. The van der Waals surface area contributed by atoms with Crippen LogP contribution in [0.4, 0.5) is 4.39 Å². The summed E-state index contributed by atoms with van der Waals surface area (Å²) < 4.78 is 14.3. The molecule has 1 aromatic heterocycles. The molecule has 0 radical (unpaired) electrons. The van der Waals surface area contributed by atoms with Gasteiger partial charge in [0.2, 0.25) is 5.91 Å². The van der Waals surface area contributed by atoms with Crippen LogP contribution in [-0.4, -0.2) is 87.0 Å². The first-order valence-corrected chi connectivity index (χ1v) is 15.5. The SMILES string of the molecule is CCc1cc(O)c(F)cc1C1CCC2C(C1)NNC2c1nc2c([nH]1)CN(C(C)C)[C@H](C(=O)N1CC[C@H](N(C)C)C1)C2. The van der Waals surface area contributed by atoms with Crippen molar-refractivity contribution in [3.8, 4) is 5.75 Å². The fourth-order valence-corrected chi connectivity index (χ4v) is 7.78. The first-order valence-electron chi connectivity index (χ1n) is 15.5. The fourth-order valence-electron chi connectivity index (χ4n) is 7.78. The Balaban J connectivity index is 1.17. The number of amides is 1. The van der Waals surface area contributed by atoms with Crippen LogP contribution in [0.2, 0.25) is 0 Å². The molecule has 1 saturated carbocycles. The van der Waals surface area contributed by atoms with Crippen molar-refractivity contribution in [2.45, 2.75) is 102 Å². The largest absolute Gasteiger partial charge is 0.505 e. The summed E-state index contributed by atoms with van der Waals surface area (Å²) >= 11 is 0. The third kappa shape index (κ3) is 5.28. The molecule has 2 aromatic rings. The second kappa shape index (κ2) is 11.3. The Morgan fingerprint density at radius 1 is 1.22 bits per heavy atom. The van der Waals surface area contributed by atoms with E-state index in [9.17, 15) is 14.3 Å². The van der Waals surface area contributed by atoms with E-state index < -0.39 is 5.82 Å². The van der Waals surface area contributed by atoms with E-state index in [-0.39, 0.29) is 41.7 Å².